The van der Waals surface area contributed by atoms with Crippen molar-refractivity contribution in [3.63, 3.8) is 0 Å². The van der Waals surface area contributed by atoms with Crippen LogP contribution in [0, 0.1) is 0 Å². The Bertz CT molecular complexity index is 409. The van der Waals surface area contributed by atoms with E-state index >= 15 is 0 Å². The first-order valence-electron chi connectivity index (χ1n) is 7.22. The molecule has 1 aromatic heterocycles. The van der Waals surface area contributed by atoms with Gasteiger partial charge in [-0.25, -0.2) is 0 Å². The molecule has 5 heteroatoms. The molecule has 1 aliphatic carbocycles. The van der Waals surface area contributed by atoms with Crippen LogP contribution >= 0.6 is 0 Å². The highest BCUT2D eigenvalue weighted by molar-refractivity contribution is 5.94. The van der Waals surface area contributed by atoms with Crippen LogP contribution in [-0.4, -0.2) is 39.7 Å². The molecule has 0 aromatic carbocycles. The van der Waals surface area contributed by atoms with Gasteiger partial charge in [-0.2, -0.15) is 5.10 Å². The molecule has 2 N–H and O–H groups in total. The molecule has 106 valence electrons. The average molecular weight is 264 g/mol. The fourth-order valence-corrected chi connectivity index (χ4v) is 2.80. The van der Waals surface area contributed by atoms with Crippen molar-refractivity contribution >= 4 is 5.91 Å². The molecule has 0 unspecified atom stereocenters. The molecule has 1 aliphatic rings. The number of aromatic nitrogens is 2. The van der Waals surface area contributed by atoms with Gasteiger partial charge in [-0.05, 0) is 25.8 Å². The Morgan fingerprint density at radius 2 is 2.21 bits per heavy atom. The first-order valence-corrected chi connectivity index (χ1v) is 7.22. The standard InChI is InChI=1S/C14H24N4O/c1-17-11-12(10-16-17)14(19)18(9-5-8-15)13-6-3-2-4-7-13/h10-11,13H,2-9,15H2,1H3. The van der Waals surface area contributed by atoms with Crippen molar-refractivity contribution in [3.8, 4) is 0 Å². The summed E-state index contributed by atoms with van der Waals surface area (Å²) in [5, 5.41) is 4.09. The maximum Gasteiger partial charge on any atom is 0.257 e. The smallest absolute Gasteiger partial charge is 0.257 e. The summed E-state index contributed by atoms with van der Waals surface area (Å²) in [5.74, 6) is 0.105. The van der Waals surface area contributed by atoms with Crippen LogP contribution in [0.15, 0.2) is 12.4 Å². The second kappa shape index (κ2) is 6.70. The van der Waals surface area contributed by atoms with Gasteiger partial charge in [-0.1, -0.05) is 19.3 Å². The molecule has 1 saturated carbocycles. The van der Waals surface area contributed by atoms with Crippen LogP contribution in [-0.2, 0) is 7.05 Å². The predicted molar refractivity (Wildman–Crippen MR) is 74.8 cm³/mol. The van der Waals surface area contributed by atoms with Crippen LogP contribution < -0.4 is 5.73 Å². The molecule has 2 rings (SSSR count). The molecule has 0 aliphatic heterocycles. The summed E-state index contributed by atoms with van der Waals surface area (Å²) in [4.78, 5) is 14.6. The molecule has 0 radical (unpaired) electrons. The maximum absolute atomic E-state index is 12.6. The highest BCUT2D eigenvalue weighted by Crippen LogP contribution is 2.24. The summed E-state index contributed by atoms with van der Waals surface area (Å²) in [6.45, 7) is 1.39. The Hall–Kier alpha value is -1.36. The molecule has 5 nitrogen and oxygen atoms in total. The number of hydrogen-bond donors (Lipinski definition) is 1. The van der Waals surface area contributed by atoms with Crippen LogP contribution in [0.1, 0.15) is 48.9 Å². The lowest BCUT2D eigenvalue weighted by Gasteiger charge is -2.34. The summed E-state index contributed by atoms with van der Waals surface area (Å²) in [6, 6.07) is 0.382. The number of aryl methyl sites for hydroxylation is 1. The Morgan fingerprint density at radius 3 is 2.79 bits per heavy atom. The van der Waals surface area contributed by atoms with Crippen molar-refractivity contribution in [2.45, 2.75) is 44.6 Å². The zero-order valence-electron chi connectivity index (χ0n) is 11.7. The number of nitrogens with two attached hydrogens (primary N) is 1. The van der Waals surface area contributed by atoms with E-state index in [1.165, 1.54) is 19.3 Å². The van der Waals surface area contributed by atoms with Crippen LogP contribution in [0.4, 0.5) is 0 Å². The van der Waals surface area contributed by atoms with Crippen LogP contribution in [0.3, 0.4) is 0 Å². The van der Waals surface area contributed by atoms with Crippen LogP contribution in [0.25, 0.3) is 0 Å². The van der Waals surface area contributed by atoms with E-state index in [9.17, 15) is 4.79 Å². The minimum absolute atomic E-state index is 0.105. The molecule has 1 heterocycles. The molecule has 0 spiro atoms. The highest BCUT2D eigenvalue weighted by Gasteiger charge is 2.26. The summed E-state index contributed by atoms with van der Waals surface area (Å²) < 4.78 is 1.68. The summed E-state index contributed by atoms with van der Waals surface area (Å²) in [7, 11) is 1.83. The van der Waals surface area contributed by atoms with Crippen molar-refractivity contribution in [3.05, 3.63) is 18.0 Å². The first-order chi connectivity index (χ1) is 9.22. The molecule has 1 fully saturated rings. The van der Waals surface area contributed by atoms with Gasteiger partial charge in [0.15, 0.2) is 0 Å². The van der Waals surface area contributed by atoms with Gasteiger partial charge in [-0.15, -0.1) is 0 Å². The topological polar surface area (TPSA) is 64.2 Å². The molecule has 1 aromatic rings. The largest absolute Gasteiger partial charge is 0.336 e. The Kier molecular flexibility index (Phi) is 4.96. The van der Waals surface area contributed by atoms with E-state index in [-0.39, 0.29) is 5.91 Å². The van der Waals surface area contributed by atoms with Gasteiger partial charge >= 0.3 is 0 Å². The Labute approximate surface area is 114 Å². The van der Waals surface area contributed by atoms with Crippen molar-refractivity contribution in [1.29, 1.82) is 0 Å². The number of carbonyl (C=O) groups is 1. The van der Waals surface area contributed by atoms with Gasteiger partial charge in [0.25, 0.3) is 5.91 Å². The summed E-state index contributed by atoms with van der Waals surface area (Å²) in [6.07, 6.45) is 10.3. The van der Waals surface area contributed by atoms with Gasteiger partial charge in [-0.3, -0.25) is 9.48 Å². The van der Waals surface area contributed by atoms with Crippen molar-refractivity contribution in [1.82, 2.24) is 14.7 Å². The number of amides is 1. The number of hydrogen-bond acceptors (Lipinski definition) is 3. The zero-order valence-corrected chi connectivity index (χ0v) is 11.7. The van der Waals surface area contributed by atoms with E-state index < -0.39 is 0 Å². The third-order valence-corrected chi connectivity index (χ3v) is 3.83. The SMILES string of the molecule is Cn1cc(C(=O)N(CCCN)C2CCCCC2)cn1. The molecule has 0 atom stereocenters. The maximum atomic E-state index is 12.6. The monoisotopic (exact) mass is 264 g/mol. The van der Waals surface area contributed by atoms with E-state index in [2.05, 4.69) is 5.10 Å². The number of carbonyl (C=O) groups excluding carboxylic acids is 1. The molecule has 0 saturated heterocycles. The molecule has 19 heavy (non-hydrogen) atoms. The zero-order chi connectivity index (χ0) is 13.7. The lowest BCUT2D eigenvalue weighted by molar-refractivity contribution is 0.0632. The molecule has 0 bridgehead atoms. The third-order valence-electron chi connectivity index (χ3n) is 3.83. The second-order valence-electron chi connectivity index (χ2n) is 5.34. The summed E-state index contributed by atoms with van der Waals surface area (Å²) >= 11 is 0. The lowest BCUT2D eigenvalue weighted by atomic mass is 9.93. The quantitative estimate of drug-likeness (QED) is 0.877. The van der Waals surface area contributed by atoms with E-state index in [4.69, 9.17) is 5.73 Å². The van der Waals surface area contributed by atoms with Crippen molar-refractivity contribution < 1.29 is 4.79 Å². The highest BCUT2D eigenvalue weighted by atomic mass is 16.2. The van der Waals surface area contributed by atoms with Gasteiger partial charge < -0.3 is 10.6 Å². The minimum atomic E-state index is 0.105. The van der Waals surface area contributed by atoms with Gasteiger partial charge in [0.1, 0.15) is 0 Å². The Morgan fingerprint density at radius 1 is 1.47 bits per heavy atom. The predicted octanol–water partition coefficient (Wildman–Crippen LogP) is 1.54. The minimum Gasteiger partial charge on any atom is -0.336 e. The molecular formula is C14H24N4O. The second-order valence-corrected chi connectivity index (χ2v) is 5.34. The van der Waals surface area contributed by atoms with Crippen LogP contribution in [0.5, 0.6) is 0 Å². The lowest BCUT2D eigenvalue weighted by Crippen LogP contribution is -2.42. The fourth-order valence-electron chi connectivity index (χ4n) is 2.80. The van der Waals surface area contributed by atoms with Gasteiger partial charge in [0.2, 0.25) is 0 Å². The Balaban J connectivity index is 2.09. The number of nitrogens with zero attached hydrogens (tertiary/aromatic N) is 3. The third kappa shape index (κ3) is 3.56. The fraction of sp³-hybridized carbons (Fsp3) is 0.714. The normalized spacial score (nSPS) is 16.5. The van der Waals surface area contributed by atoms with Crippen LogP contribution in [0.2, 0.25) is 0 Å². The van der Waals surface area contributed by atoms with Crippen molar-refractivity contribution in [2.75, 3.05) is 13.1 Å². The molecule has 1 amide bonds. The van der Waals surface area contributed by atoms with E-state index in [1.54, 1.807) is 17.1 Å². The molecular weight excluding hydrogens is 240 g/mol. The number of rotatable bonds is 5. The average Bonchev–Trinajstić information content (AvgIpc) is 2.87. The van der Waals surface area contributed by atoms with E-state index in [0.717, 1.165) is 25.8 Å². The van der Waals surface area contributed by atoms with E-state index in [1.807, 2.05) is 11.9 Å². The first kappa shape index (κ1) is 14.1. The summed E-state index contributed by atoms with van der Waals surface area (Å²) in [5.41, 5.74) is 6.28. The van der Waals surface area contributed by atoms with Gasteiger partial charge in [0.05, 0.1) is 11.8 Å². The van der Waals surface area contributed by atoms with E-state index in [0.29, 0.717) is 18.2 Å². The van der Waals surface area contributed by atoms with Crippen molar-refractivity contribution in [2.24, 2.45) is 12.8 Å². The van der Waals surface area contributed by atoms with Gasteiger partial charge in [0, 0.05) is 25.8 Å².